The molecule has 0 unspecified atom stereocenters. The van der Waals surface area contributed by atoms with Gasteiger partial charge in [-0.1, -0.05) is 0 Å². The van der Waals surface area contributed by atoms with E-state index in [-0.39, 0.29) is 6.61 Å². The molecule has 142 valence electrons. The monoisotopic (exact) mass is 530 g/mol. The summed E-state index contributed by atoms with van der Waals surface area (Å²) < 4.78 is 18.9. The number of nitrogens with one attached hydrogen (secondary N) is 1. The van der Waals surface area contributed by atoms with Gasteiger partial charge in [0, 0.05) is 20.2 Å². The average molecular weight is 531 g/mol. The number of hydrogen-bond acceptors (Lipinski definition) is 5. The van der Waals surface area contributed by atoms with Crippen LogP contribution in [-0.2, 0) is 27.4 Å². The Morgan fingerprint density at radius 2 is 1.96 bits per heavy atom. The molecular formula is C16H24BrIN2O5. The Labute approximate surface area is 170 Å². The van der Waals surface area contributed by atoms with Gasteiger partial charge >= 0.3 is 12.1 Å². The quantitative estimate of drug-likeness (QED) is 0.429. The maximum Gasteiger partial charge on any atom is 0.407 e. The molecule has 0 atom stereocenters. The number of carbonyl (C=O) groups is 2. The number of esters is 1. The van der Waals surface area contributed by atoms with Gasteiger partial charge in [-0.2, -0.15) is 0 Å². The fraction of sp³-hybridized carbons (Fsp3) is 0.625. The van der Waals surface area contributed by atoms with Crippen LogP contribution in [-0.4, -0.2) is 42.5 Å². The molecule has 25 heavy (non-hydrogen) atoms. The predicted molar refractivity (Wildman–Crippen MR) is 106 cm³/mol. The van der Waals surface area contributed by atoms with Crippen LogP contribution in [0.3, 0.4) is 0 Å². The SMILES string of the molecule is CCOC(=O)c1c(I)c(Br)c(COC)n1CCNC(=O)OC(C)(C)C. The van der Waals surface area contributed by atoms with Crippen molar-refractivity contribution in [3.05, 3.63) is 19.4 Å². The predicted octanol–water partition coefficient (Wildman–Crippen LogP) is 3.70. The summed E-state index contributed by atoms with van der Waals surface area (Å²) in [6.07, 6.45) is -0.501. The van der Waals surface area contributed by atoms with E-state index in [2.05, 4.69) is 43.8 Å². The molecule has 0 aliphatic heterocycles. The fourth-order valence-corrected chi connectivity index (χ4v) is 3.45. The van der Waals surface area contributed by atoms with Gasteiger partial charge in [-0.05, 0) is 66.2 Å². The Balaban J connectivity index is 2.97. The maximum atomic E-state index is 12.3. The van der Waals surface area contributed by atoms with Crippen LogP contribution in [0.1, 0.15) is 43.9 Å². The van der Waals surface area contributed by atoms with Crippen molar-refractivity contribution in [1.29, 1.82) is 0 Å². The molecule has 0 fully saturated rings. The number of carbonyl (C=O) groups excluding carboxylic acids is 2. The van der Waals surface area contributed by atoms with E-state index in [1.807, 2.05) is 0 Å². The van der Waals surface area contributed by atoms with E-state index in [1.165, 1.54) is 0 Å². The summed E-state index contributed by atoms with van der Waals surface area (Å²) in [5, 5.41) is 2.69. The molecule has 1 aromatic rings. The minimum atomic E-state index is -0.562. The second kappa shape index (κ2) is 9.77. The summed E-state index contributed by atoms with van der Waals surface area (Å²) in [5.41, 5.74) is 0.682. The Morgan fingerprint density at radius 1 is 1.32 bits per heavy atom. The number of halogens is 2. The number of rotatable bonds is 7. The Hall–Kier alpha value is -0.810. The van der Waals surface area contributed by atoms with Crippen LogP contribution in [0.2, 0.25) is 0 Å². The summed E-state index contributed by atoms with van der Waals surface area (Å²) in [7, 11) is 1.58. The number of amides is 1. The highest BCUT2D eigenvalue weighted by atomic mass is 127. The zero-order chi connectivity index (χ0) is 19.2. The minimum Gasteiger partial charge on any atom is -0.461 e. The summed E-state index contributed by atoms with van der Waals surface area (Å²) in [6, 6.07) is 0. The van der Waals surface area contributed by atoms with Gasteiger partial charge in [-0.15, -0.1) is 0 Å². The van der Waals surface area contributed by atoms with Crippen molar-refractivity contribution in [3.63, 3.8) is 0 Å². The average Bonchev–Trinajstić information content (AvgIpc) is 2.71. The van der Waals surface area contributed by atoms with Gasteiger partial charge in [0.05, 0.1) is 27.0 Å². The standard InChI is InChI=1S/C16H24BrIN2O5/c1-6-24-14(21)13-12(18)11(17)10(9-23-5)20(13)8-7-19-15(22)25-16(2,3)4/h6-9H2,1-5H3,(H,19,22). The summed E-state index contributed by atoms with van der Waals surface area (Å²) >= 11 is 5.60. The molecule has 1 N–H and O–H groups in total. The van der Waals surface area contributed by atoms with Crippen LogP contribution in [0.4, 0.5) is 4.79 Å². The van der Waals surface area contributed by atoms with Gasteiger partial charge in [0.2, 0.25) is 0 Å². The molecule has 0 radical (unpaired) electrons. The van der Waals surface area contributed by atoms with E-state index >= 15 is 0 Å². The third-order valence-corrected chi connectivity index (χ3v) is 5.65. The Kier molecular flexibility index (Phi) is 8.69. The molecular weight excluding hydrogens is 507 g/mol. The van der Waals surface area contributed by atoms with Crippen LogP contribution in [0.15, 0.2) is 4.47 Å². The van der Waals surface area contributed by atoms with Crippen molar-refractivity contribution in [2.45, 2.75) is 46.4 Å². The van der Waals surface area contributed by atoms with Gasteiger partial charge in [0.15, 0.2) is 0 Å². The molecule has 1 aromatic heterocycles. The molecule has 0 saturated heterocycles. The van der Waals surface area contributed by atoms with E-state index < -0.39 is 17.7 Å². The third-order valence-electron chi connectivity index (χ3n) is 3.00. The third kappa shape index (κ3) is 6.45. The smallest absolute Gasteiger partial charge is 0.407 e. The van der Waals surface area contributed by atoms with E-state index in [0.29, 0.717) is 25.4 Å². The largest absolute Gasteiger partial charge is 0.461 e. The van der Waals surface area contributed by atoms with Crippen molar-refractivity contribution >= 4 is 50.6 Å². The number of aromatic nitrogens is 1. The summed E-state index contributed by atoms with van der Waals surface area (Å²) in [4.78, 5) is 24.1. The molecule has 1 heterocycles. The maximum absolute atomic E-state index is 12.3. The van der Waals surface area contributed by atoms with Crippen LogP contribution >= 0.6 is 38.5 Å². The van der Waals surface area contributed by atoms with Crippen molar-refractivity contribution in [3.8, 4) is 0 Å². The van der Waals surface area contributed by atoms with Crippen LogP contribution < -0.4 is 5.32 Å². The highest BCUT2D eigenvalue weighted by Gasteiger charge is 2.25. The Morgan fingerprint density at radius 3 is 2.48 bits per heavy atom. The first-order valence-corrected chi connectivity index (χ1v) is 9.68. The van der Waals surface area contributed by atoms with E-state index in [4.69, 9.17) is 14.2 Å². The first kappa shape index (κ1) is 22.2. The van der Waals surface area contributed by atoms with Gasteiger partial charge in [0.1, 0.15) is 11.3 Å². The Bertz CT molecular complexity index is 625. The first-order valence-electron chi connectivity index (χ1n) is 7.81. The number of hydrogen-bond donors (Lipinski definition) is 1. The van der Waals surface area contributed by atoms with Crippen molar-refractivity contribution < 1.29 is 23.8 Å². The topological polar surface area (TPSA) is 78.8 Å². The molecule has 1 amide bonds. The second-order valence-electron chi connectivity index (χ2n) is 6.16. The normalized spacial score (nSPS) is 11.3. The number of ether oxygens (including phenoxy) is 3. The van der Waals surface area contributed by atoms with Crippen LogP contribution in [0, 0.1) is 3.57 Å². The summed E-state index contributed by atoms with van der Waals surface area (Å²) in [6.45, 7) is 8.45. The first-order chi connectivity index (χ1) is 11.6. The van der Waals surface area contributed by atoms with Gasteiger partial charge in [0.25, 0.3) is 0 Å². The second-order valence-corrected chi connectivity index (χ2v) is 8.03. The molecule has 9 heteroatoms. The zero-order valence-electron chi connectivity index (χ0n) is 15.1. The van der Waals surface area contributed by atoms with Crippen LogP contribution in [0.5, 0.6) is 0 Å². The number of methoxy groups -OCH3 is 1. The lowest BCUT2D eigenvalue weighted by molar-refractivity contribution is 0.0511. The molecule has 0 aromatic carbocycles. The van der Waals surface area contributed by atoms with E-state index in [0.717, 1.165) is 13.7 Å². The van der Waals surface area contributed by atoms with Gasteiger partial charge < -0.3 is 24.1 Å². The lowest BCUT2D eigenvalue weighted by Gasteiger charge is -2.20. The van der Waals surface area contributed by atoms with E-state index in [1.54, 1.807) is 39.4 Å². The summed E-state index contributed by atoms with van der Waals surface area (Å²) in [5.74, 6) is -0.410. The highest BCUT2D eigenvalue weighted by molar-refractivity contribution is 14.1. The highest BCUT2D eigenvalue weighted by Crippen LogP contribution is 2.31. The molecule has 0 bridgehead atoms. The van der Waals surface area contributed by atoms with Crippen molar-refractivity contribution in [2.24, 2.45) is 0 Å². The van der Waals surface area contributed by atoms with Crippen molar-refractivity contribution in [1.82, 2.24) is 9.88 Å². The lowest BCUT2D eigenvalue weighted by Crippen LogP contribution is -2.34. The minimum absolute atomic E-state index is 0.285. The van der Waals surface area contributed by atoms with Crippen LogP contribution in [0.25, 0.3) is 0 Å². The molecule has 7 nitrogen and oxygen atoms in total. The molecule has 0 saturated carbocycles. The van der Waals surface area contributed by atoms with Gasteiger partial charge in [-0.25, -0.2) is 9.59 Å². The number of alkyl carbamates (subject to hydrolysis) is 1. The fourth-order valence-electron chi connectivity index (χ4n) is 2.11. The molecule has 0 spiro atoms. The molecule has 1 rings (SSSR count). The number of nitrogens with zero attached hydrogens (tertiary/aromatic N) is 1. The zero-order valence-corrected chi connectivity index (χ0v) is 18.8. The lowest BCUT2D eigenvalue weighted by atomic mass is 10.2. The molecule has 0 aliphatic carbocycles. The van der Waals surface area contributed by atoms with Gasteiger partial charge in [-0.3, -0.25) is 0 Å². The van der Waals surface area contributed by atoms with Crippen molar-refractivity contribution in [2.75, 3.05) is 20.3 Å². The van der Waals surface area contributed by atoms with E-state index in [9.17, 15) is 9.59 Å². The molecule has 0 aliphatic rings.